The van der Waals surface area contributed by atoms with Crippen molar-refractivity contribution in [2.75, 3.05) is 0 Å². The zero-order chi connectivity index (χ0) is 10.1. The maximum atomic E-state index is 3.66. The molecule has 0 aliphatic heterocycles. The topological polar surface area (TPSA) is 0 Å². The van der Waals surface area contributed by atoms with E-state index in [0.717, 1.165) is 10.0 Å². The molecular formula is C12H13Br. The van der Waals surface area contributed by atoms with Crippen molar-refractivity contribution in [1.82, 2.24) is 0 Å². The molecule has 0 aliphatic carbocycles. The summed E-state index contributed by atoms with van der Waals surface area (Å²) in [6.45, 7) is 10.4. The first-order valence-corrected chi connectivity index (χ1v) is 4.66. The van der Waals surface area contributed by atoms with Crippen LogP contribution >= 0.6 is 15.9 Å². The molecule has 1 aromatic rings. The molecule has 0 aliphatic rings. The van der Waals surface area contributed by atoms with Crippen molar-refractivity contribution in [2.24, 2.45) is 0 Å². The number of hydrogen-bond acceptors (Lipinski definition) is 0. The van der Waals surface area contributed by atoms with Gasteiger partial charge in [-0.25, -0.2) is 0 Å². The molecule has 0 N–H and O–H groups in total. The molecule has 1 rings (SSSR count). The minimum Gasteiger partial charge on any atom is -0.0991 e. The molecule has 0 atom stereocenters. The number of allylic oxidation sites excluding steroid dienone is 2. The zero-order valence-electron chi connectivity index (χ0n) is 7.54. The van der Waals surface area contributed by atoms with Crippen molar-refractivity contribution < 1.29 is 0 Å². The quantitative estimate of drug-likeness (QED) is 0.666. The lowest BCUT2D eigenvalue weighted by molar-refractivity contribution is 1.61. The van der Waals surface area contributed by atoms with Gasteiger partial charge in [0, 0.05) is 4.47 Å². The van der Waals surface area contributed by atoms with Crippen molar-refractivity contribution in [1.29, 1.82) is 0 Å². The smallest absolute Gasteiger partial charge is 0.0247 e. The Balaban J connectivity index is 0.000000310. The van der Waals surface area contributed by atoms with Crippen molar-refractivity contribution in [2.45, 2.75) is 0 Å². The van der Waals surface area contributed by atoms with Crippen LogP contribution in [0, 0.1) is 0 Å². The van der Waals surface area contributed by atoms with E-state index >= 15 is 0 Å². The third-order valence-electron chi connectivity index (χ3n) is 1.29. The summed E-state index contributed by atoms with van der Waals surface area (Å²) in [5.41, 5.74) is 1.14. The van der Waals surface area contributed by atoms with Gasteiger partial charge in [0.05, 0.1) is 0 Å². The Morgan fingerprint density at radius 3 is 1.85 bits per heavy atom. The first-order chi connectivity index (χ1) is 6.26. The van der Waals surface area contributed by atoms with Crippen LogP contribution in [-0.2, 0) is 0 Å². The fourth-order valence-electron chi connectivity index (χ4n) is 0.641. The van der Waals surface area contributed by atoms with Crippen LogP contribution in [0.2, 0.25) is 0 Å². The van der Waals surface area contributed by atoms with Gasteiger partial charge in [-0.1, -0.05) is 72.1 Å². The van der Waals surface area contributed by atoms with Crippen LogP contribution < -0.4 is 0 Å². The van der Waals surface area contributed by atoms with E-state index in [2.05, 4.69) is 35.7 Å². The predicted molar refractivity (Wildman–Crippen MR) is 64.6 cm³/mol. The van der Waals surface area contributed by atoms with Gasteiger partial charge in [0.2, 0.25) is 0 Å². The first kappa shape index (κ1) is 11.9. The van der Waals surface area contributed by atoms with Crippen LogP contribution in [0.25, 0.3) is 6.08 Å². The van der Waals surface area contributed by atoms with E-state index in [1.807, 2.05) is 30.3 Å². The summed E-state index contributed by atoms with van der Waals surface area (Å²) in [6.07, 6.45) is 5.10. The molecule has 0 aromatic heterocycles. The number of benzene rings is 1. The summed E-state index contributed by atoms with van der Waals surface area (Å²) in [5, 5.41) is 0. The Bertz CT molecular complexity index is 281. The number of rotatable bonds is 2. The Morgan fingerprint density at radius 1 is 1.00 bits per heavy atom. The highest BCUT2D eigenvalue weighted by molar-refractivity contribution is 9.10. The van der Waals surface area contributed by atoms with Crippen molar-refractivity contribution >= 4 is 22.0 Å². The van der Waals surface area contributed by atoms with Gasteiger partial charge >= 0.3 is 0 Å². The molecule has 1 heteroatoms. The molecule has 0 bridgehead atoms. The Morgan fingerprint density at radius 2 is 1.54 bits per heavy atom. The second-order valence-corrected chi connectivity index (χ2v) is 3.05. The largest absolute Gasteiger partial charge is 0.0991 e. The lowest BCUT2D eigenvalue weighted by Crippen LogP contribution is -1.70. The van der Waals surface area contributed by atoms with Gasteiger partial charge in [-0.3, -0.25) is 0 Å². The average Bonchev–Trinajstić information content (AvgIpc) is 2.19. The van der Waals surface area contributed by atoms with Crippen LogP contribution in [0.15, 0.2) is 60.6 Å². The molecule has 0 spiro atoms. The Kier molecular flexibility index (Phi) is 6.93. The molecule has 0 nitrogen and oxygen atoms in total. The van der Waals surface area contributed by atoms with E-state index in [1.165, 1.54) is 0 Å². The highest BCUT2D eigenvalue weighted by Gasteiger charge is 1.88. The maximum Gasteiger partial charge on any atom is 0.0247 e. The summed E-state index contributed by atoms with van der Waals surface area (Å²) in [5.74, 6) is 0. The highest BCUT2D eigenvalue weighted by Crippen LogP contribution is 2.15. The predicted octanol–water partition coefficient (Wildman–Crippen LogP) is 4.45. The molecule has 1 aromatic carbocycles. The third-order valence-corrected chi connectivity index (χ3v) is 2.01. The molecular weight excluding hydrogens is 224 g/mol. The zero-order valence-corrected chi connectivity index (χ0v) is 9.13. The summed E-state index contributed by atoms with van der Waals surface area (Å²) in [6, 6.07) is 7.98. The fourth-order valence-corrected chi connectivity index (χ4v) is 1.09. The van der Waals surface area contributed by atoms with Crippen LogP contribution in [0.4, 0.5) is 0 Å². The standard InChI is InChI=1S/C8H7Br.C4H6/c1-2-7-5-3-4-6-8(7)9;1-3-4-2/h2-6H,1H2;3-4H,1-2H2. The van der Waals surface area contributed by atoms with E-state index in [1.54, 1.807) is 12.2 Å². The Hall–Kier alpha value is -1.08. The number of halogens is 1. The second-order valence-electron chi connectivity index (χ2n) is 2.20. The van der Waals surface area contributed by atoms with E-state index in [9.17, 15) is 0 Å². The van der Waals surface area contributed by atoms with Crippen LogP contribution in [-0.4, -0.2) is 0 Å². The Labute approximate surface area is 88.4 Å². The SMILES string of the molecule is C=CC=C.C=Cc1ccccc1Br. The third kappa shape index (κ3) is 5.21. The van der Waals surface area contributed by atoms with E-state index in [4.69, 9.17) is 0 Å². The lowest BCUT2D eigenvalue weighted by atomic mass is 10.2. The van der Waals surface area contributed by atoms with Gasteiger partial charge in [-0.15, -0.1) is 0 Å². The minimum absolute atomic E-state index is 1.10. The van der Waals surface area contributed by atoms with Gasteiger partial charge in [0.1, 0.15) is 0 Å². The van der Waals surface area contributed by atoms with Crippen LogP contribution in [0.5, 0.6) is 0 Å². The van der Waals surface area contributed by atoms with Crippen molar-refractivity contribution in [3.05, 3.63) is 66.2 Å². The monoisotopic (exact) mass is 236 g/mol. The minimum atomic E-state index is 1.10. The van der Waals surface area contributed by atoms with Crippen LogP contribution in [0.1, 0.15) is 5.56 Å². The van der Waals surface area contributed by atoms with Gasteiger partial charge in [-0.2, -0.15) is 0 Å². The van der Waals surface area contributed by atoms with Gasteiger partial charge in [-0.05, 0) is 11.6 Å². The second kappa shape index (κ2) is 7.56. The molecule has 0 amide bonds. The van der Waals surface area contributed by atoms with E-state index < -0.39 is 0 Å². The maximum absolute atomic E-state index is 3.66. The molecule has 0 radical (unpaired) electrons. The molecule has 13 heavy (non-hydrogen) atoms. The van der Waals surface area contributed by atoms with Gasteiger partial charge in [0.15, 0.2) is 0 Å². The summed E-state index contributed by atoms with van der Waals surface area (Å²) < 4.78 is 1.10. The van der Waals surface area contributed by atoms with Crippen molar-refractivity contribution in [3.8, 4) is 0 Å². The van der Waals surface area contributed by atoms with Gasteiger partial charge < -0.3 is 0 Å². The lowest BCUT2D eigenvalue weighted by Gasteiger charge is -1.93. The summed E-state index contributed by atoms with van der Waals surface area (Å²) >= 11 is 3.39. The molecule has 0 heterocycles. The fraction of sp³-hybridized carbons (Fsp3) is 0. The molecule has 0 fully saturated rings. The first-order valence-electron chi connectivity index (χ1n) is 3.86. The molecule has 0 saturated carbocycles. The van der Waals surface area contributed by atoms with Crippen LogP contribution in [0.3, 0.4) is 0 Å². The molecule has 0 unspecified atom stereocenters. The number of hydrogen-bond donors (Lipinski definition) is 0. The highest BCUT2D eigenvalue weighted by atomic mass is 79.9. The van der Waals surface area contributed by atoms with Gasteiger partial charge in [0.25, 0.3) is 0 Å². The van der Waals surface area contributed by atoms with Crippen molar-refractivity contribution in [3.63, 3.8) is 0 Å². The summed E-state index contributed by atoms with van der Waals surface area (Å²) in [7, 11) is 0. The summed E-state index contributed by atoms with van der Waals surface area (Å²) in [4.78, 5) is 0. The van der Waals surface area contributed by atoms with E-state index in [-0.39, 0.29) is 0 Å². The molecule has 68 valence electrons. The molecule has 0 saturated heterocycles. The normalized spacial score (nSPS) is 7.77. The average molecular weight is 237 g/mol. The van der Waals surface area contributed by atoms with E-state index in [0.29, 0.717) is 0 Å².